The van der Waals surface area contributed by atoms with Crippen LogP contribution in [0.2, 0.25) is 0 Å². The topological polar surface area (TPSA) is 81.1 Å². The minimum atomic E-state index is -0.957. The first kappa shape index (κ1) is 14.5. The van der Waals surface area contributed by atoms with Gasteiger partial charge in [-0.2, -0.15) is 0 Å². The fraction of sp³-hybridized carbons (Fsp3) is 0.800. The number of hydrogen-bond donors (Lipinski definition) is 2. The Hall–Kier alpha value is -1.46. The lowest BCUT2D eigenvalue weighted by Gasteiger charge is -2.22. The van der Waals surface area contributed by atoms with Gasteiger partial charge in [0.25, 0.3) is 0 Å². The van der Waals surface area contributed by atoms with Gasteiger partial charge in [0.05, 0.1) is 0 Å². The maximum Gasteiger partial charge on any atom is 0.407 e. The van der Waals surface area contributed by atoms with E-state index in [0.29, 0.717) is 19.5 Å². The molecule has 0 aromatic heterocycles. The smallest absolute Gasteiger partial charge is 0.407 e. The van der Waals surface area contributed by atoms with Crippen LogP contribution in [0, 0.1) is 5.92 Å². The Morgan fingerprint density at radius 1 is 1.12 bits per heavy atom. The molecule has 0 radical (unpaired) electrons. The zero-order chi connectivity index (χ0) is 12.7. The monoisotopic (exact) mass is 232 g/mol. The van der Waals surface area contributed by atoms with Crippen molar-refractivity contribution in [1.82, 2.24) is 9.80 Å². The highest BCUT2D eigenvalue weighted by Crippen LogP contribution is 2.10. The summed E-state index contributed by atoms with van der Waals surface area (Å²) in [6, 6.07) is 0. The second-order valence-corrected chi connectivity index (χ2v) is 3.93. The third kappa shape index (κ3) is 5.43. The van der Waals surface area contributed by atoms with E-state index < -0.39 is 12.2 Å². The van der Waals surface area contributed by atoms with E-state index in [2.05, 4.69) is 0 Å². The molecule has 94 valence electrons. The van der Waals surface area contributed by atoms with Crippen LogP contribution < -0.4 is 0 Å². The minimum absolute atomic E-state index is 0.197. The van der Waals surface area contributed by atoms with Crippen molar-refractivity contribution in [2.45, 2.75) is 19.8 Å². The van der Waals surface area contributed by atoms with Crippen molar-refractivity contribution >= 4 is 12.2 Å². The lowest BCUT2D eigenvalue weighted by molar-refractivity contribution is 0.139. The molecule has 0 saturated carbocycles. The summed E-state index contributed by atoms with van der Waals surface area (Å²) in [4.78, 5) is 23.6. The van der Waals surface area contributed by atoms with Gasteiger partial charge in [0.15, 0.2) is 0 Å². The van der Waals surface area contributed by atoms with Crippen LogP contribution in [0.15, 0.2) is 0 Å². The summed E-state index contributed by atoms with van der Waals surface area (Å²) in [6.45, 7) is 2.85. The Bertz CT molecular complexity index is 245. The van der Waals surface area contributed by atoms with Crippen LogP contribution in [-0.4, -0.2) is 59.4 Å². The van der Waals surface area contributed by atoms with E-state index in [-0.39, 0.29) is 5.92 Å². The van der Waals surface area contributed by atoms with Crippen LogP contribution in [0.3, 0.4) is 0 Å². The van der Waals surface area contributed by atoms with Crippen LogP contribution >= 0.6 is 0 Å². The lowest BCUT2D eigenvalue weighted by Crippen LogP contribution is -2.33. The first-order valence-electron chi connectivity index (χ1n) is 5.26. The second-order valence-electron chi connectivity index (χ2n) is 3.93. The first-order valence-corrected chi connectivity index (χ1v) is 5.26. The number of rotatable bonds is 6. The molecule has 0 aromatic rings. The maximum atomic E-state index is 10.6. The molecule has 6 heteroatoms. The molecule has 0 aliphatic heterocycles. The minimum Gasteiger partial charge on any atom is -0.465 e. The fourth-order valence-electron chi connectivity index (χ4n) is 1.36. The molecule has 0 fully saturated rings. The predicted molar refractivity (Wildman–Crippen MR) is 59.7 cm³/mol. The Balaban J connectivity index is 4.01. The van der Waals surface area contributed by atoms with Crippen LogP contribution in [0.4, 0.5) is 9.59 Å². The van der Waals surface area contributed by atoms with Crippen molar-refractivity contribution in [3.05, 3.63) is 0 Å². The van der Waals surface area contributed by atoms with Gasteiger partial charge in [-0.05, 0) is 12.3 Å². The second kappa shape index (κ2) is 6.92. The van der Waals surface area contributed by atoms with Crippen molar-refractivity contribution in [3.63, 3.8) is 0 Å². The predicted octanol–water partition coefficient (Wildman–Crippen LogP) is 1.62. The summed E-state index contributed by atoms with van der Waals surface area (Å²) in [6.07, 6.45) is -0.395. The Morgan fingerprint density at radius 3 is 2.00 bits per heavy atom. The van der Waals surface area contributed by atoms with Gasteiger partial charge in [0.1, 0.15) is 0 Å². The molecule has 2 amide bonds. The van der Waals surface area contributed by atoms with Gasteiger partial charge in [0, 0.05) is 27.2 Å². The molecule has 0 rings (SSSR count). The fourth-order valence-corrected chi connectivity index (χ4v) is 1.36. The maximum absolute atomic E-state index is 10.6. The zero-order valence-electron chi connectivity index (χ0n) is 10.0. The molecule has 0 bridgehead atoms. The van der Waals surface area contributed by atoms with E-state index >= 15 is 0 Å². The Morgan fingerprint density at radius 2 is 1.62 bits per heavy atom. The van der Waals surface area contributed by atoms with Crippen LogP contribution in [0.1, 0.15) is 19.8 Å². The number of hydrogen-bond acceptors (Lipinski definition) is 2. The standard InChI is InChI=1S/C10H20N2O4/c1-4-8(7-12(3)10(15)16)5-6-11(2)9(13)14/h8H,4-7H2,1-3H3,(H,13,14)(H,15,16). The highest BCUT2D eigenvalue weighted by atomic mass is 16.4. The number of amides is 2. The molecule has 0 aliphatic rings. The van der Waals surface area contributed by atoms with Crippen molar-refractivity contribution < 1.29 is 19.8 Å². The summed E-state index contributed by atoms with van der Waals surface area (Å²) in [5.41, 5.74) is 0. The van der Waals surface area contributed by atoms with Gasteiger partial charge in [-0.1, -0.05) is 13.3 Å². The molecule has 6 nitrogen and oxygen atoms in total. The van der Waals surface area contributed by atoms with Crippen LogP contribution in [0.25, 0.3) is 0 Å². The summed E-state index contributed by atoms with van der Waals surface area (Å²) in [7, 11) is 3.03. The SMILES string of the molecule is CCC(CCN(C)C(=O)O)CN(C)C(=O)O. The summed E-state index contributed by atoms with van der Waals surface area (Å²) >= 11 is 0. The van der Waals surface area contributed by atoms with E-state index in [0.717, 1.165) is 6.42 Å². The lowest BCUT2D eigenvalue weighted by atomic mass is 10.0. The van der Waals surface area contributed by atoms with Gasteiger partial charge < -0.3 is 20.0 Å². The highest BCUT2D eigenvalue weighted by molar-refractivity contribution is 5.64. The summed E-state index contributed by atoms with van der Waals surface area (Å²) < 4.78 is 0. The molecule has 0 spiro atoms. The average Bonchev–Trinajstić information content (AvgIpc) is 2.22. The summed E-state index contributed by atoms with van der Waals surface area (Å²) in [5.74, 6) is 0.197. The van der Waals surface area contributed by atoms with Crippen molar-refractivity contribution in [2.75, 3.05) is 27.2 Å². The molecular weight excluding hydrogens is 212 g/mol. The zero-order valence-corrected chi connectivity index (χ0v) is 10.0. The molecule has 0 aromatic carbocycles. The molecule has 0 saturated heterocycles. The third-order valence-corrected chi connectivity index (χ3v) is 2.64. The molecule has 0 aliphatic carbocycles. The molecular formula is C10H20N2O4. The van der Waals surface area contributed by atoms with Gasteiger partial charge in [-0.15, -0.1) is 0 Å². The van der Waals surface area contributed by atoms with E-state index in [1.54, 1.807) is 0 Å². The largest absolute Gasteiger partial charge is 0.465 e. The number of carbonyl (C=O) groups is 2. The molecule has 2 N–H and O–H groups in total. The number of nitrogens with zero attached hydrogens (tertiary/aromatic N) is 2. The van der Waals surface area contributed by atoms with Crippen LogP contribution in [-0.2, 0) is 0 Å². The Kier molecular flexibility index (Phi) is 6.29. The van der Waals surface area contributed by atoms with Gasteiger partial charge in [0.2, 0.25) is 0 Å². The molecule has 0 heterocycles. The van der Waals surface area contributed by atoms with Gasteiger partial charge in [-0.25, -0.2) is 9.59 Å². The van der Waals surface area contributed by atoms with Gasteiger partial charge >= 0.3 is 12.2 Å². The summed E-state index contributed by atoms with van der Waals surface area (Å²) in [5, 5.41) is 17.4. The molecule has 1 atom stereocenters. The number of carboxylic acid groups (broad SMARTS) is 2. The third-order valence-electron chi connectivity index (χ3n) is 2.64. The molecule has 16 heavy (non-hydrogen) atoms. The van der Waals surface area contributed by atoms with Crippen LogP contribution in [0.5, 0.6) is 0 Å². The van der Waals surface area contributed by atoms with E-state index in [1.807, 2.05) is 6.92 Å². The van der Waals surface area contributed by atoms with E-state index in [1.165, 1.54) is 23.9 Å². The van der Waals surface area contributed by atoms with E-state index in [4.69, 9.17) is 10.2 Å². The normalized spacial score (nSPS) is 11.9. The Labute approximate surface area is 95.5 Å². The van der Waals surface area contributed by atoms with Crippen molar-refractivity contribution in [3.8, 4) is 0 Å². The quantitative estimate of drug-likeness (QED) is 0.729. The average molecular weight is 232 g/mol. The molecule has 1 unspecified atom stereocenters. The van der Waals surface area contributed by atoms with Crippen molar-refractivity contribution in [1.29, 1.82) is 0 Å². The van der Waals surface area contributed by atoms with Gasteiger partial charge in [-0.3, -0.25) is 0 Å². The first-order chi connectivity index (χ1) is 7.38. The van der Waals surface area contributed by atoms with E-state index in [9.17, 15) is 9.59 Å². The van der Waals surface area contributed by atoms with Crippen molar-refractivity contribution in [2.24, 2.45) is 5.92 Å². The highest BCUT2D eigenvalue weighted by Gasteiger charge is 2.15.